The van der Waals surface area contributed by atoms with E-state index in [0.29, 0.717) is 35.4 Å². The first-order chi connectivity index (χ1) is 18.7. The molecule has 40 heavy (non-hydrogen) atoms. The number of Topliss-reactive ketones (excluding diaryl/α,β-unsaturated/α-hetero) is 2. The van der Waals surface area contributed by atoms with E-state index in [9.17, 15) is 18.8 Å². The molecule has 0 fully saturated rings. The quantitative estimate of drug-likeness (QED) is 0.431. The average Bonchev–Trinajstić information content (AvgIpc) is 2.85. The van der Waals surface area contributed by atoms with Crippen LogP contribution < -0.4 is 10.1 Å². The van der Waals surface area contributed by atoms with Crippen molar-refractivity contribution < 1.29 is 23.5 Å². The van der Waals surface area contributed by atoms with E-state index in [1.165, 1.54) is 24.3 Å². The van der Waals surface area contributed by atoms with Gasteiger partial charge in [0.15, 0.2) is 18.2 Å². The highest BCUT2D eigenvalue weighted by molar-refractivity contribution is 6.32. The zero-order chi connectivity index (χ0) is 29.0. The molecule has 1 amide bonds. The number of carbonyl (C=O) groups is 3. The van der Waals surface area contributed by atoms with Gasteiger partial charge in [-0.2, -0.15) is 0 Å². The molecule has 1 N–H and O–H groups in total. The maximum Gasteiger partial charge on any atom is 0.262 e. The van der Waals surface area contributed by atoms with Crippen molar-refractivity contribution in [2.75, 3.05) is 19.0 Å². The normalized spacial score (nSPS) is 20.3. The van der Waals surface area contributed by atoms with Gasteiger partial charge in [-0.3, -0.25) is 14.4 Å². The number of allylic oxidation sites excluding steroid dienone is 4. The molecule has 8 heteroatoms. The van der Waals surface area contributed by atoms with Gasteiger partial charge >= 0.3 is 0 Å². The molecule has 0 unspecified atom stereocenters. The van der Waals surface area contributed by atoms with Gasteiger partial charge in [-0.05, 0) is 65.6 Å². The summed E-state index contributed by atoms with van der Waals surface area (Å²) in [6, 6.07) is 10.7. The molecular weight excluding hydrogens is 531 g/mol. The minimum Gasteiger partial charge on any atom is -0.482 e. The number of hydrogen-bond acceptors (Lipinski definition) is 5. The molecule has 2 aromatic rings. The molecule has 2 aromatic carbocycles. The van der Waals surface area contributed by atoms with Crippen LogP contribution in [-0.4, -0.2) is 36.0 Å². The van der Waals surface area contributed by atoms with Crippen LogP contribution in [0.2, 0.25) is 5.02 Å². The second-order valence-corrected chi connectivity index (χ2v) is 13.0. The van der Waals surface area contributed by atoms with Gasteiger partial charge in [0.25, 0.3) is 5.91 Å². The Hall–Kier alpha value is -3.45. The molecular formula is C32H34ClFN2O4. The minimum atomic E-state index is -0.498. The van der Waals surface area contributed by atoms with Gasteiger partial charge in [0.2, 0.25) is 0 Å². The van der Waals surface area contributed by atoms with Gasteiger partial charge in [0.05, 0.1) is 5.02 Å². The molecule has 0 saturated heterocycles. The van der Waals surface area contributed by atoms with Crippen LogP contribution in [0.25, 0.3) is 0 Å². The van der Waals surface area contributed by atoms with Crippen molar-refractivity contribution in [2.24, 2.45) is 10.8 Å². The molecule has 1 aliphatic heterocycles. The van der Waals surface area contributed by atoms with E-state index in [2.05, 4.69) is 37.9 Å². The molecule has 0 radical (unpaired) electrons. The van der Waals surface area contributed by atoms with Crippen molar-refractivity contribution in [2.45, 2.75) is 59.3 Å². The smallest absolute Gasteiger partial charge is 0.262 e. The SMILES string of the molecule is CN1C2=C(C(=O)CC(C)(C)C2)C(c2ccc(OCC(=O)Nc3ccc(F)cc3)c(Cl)c2)C2=C1CC(C)(C)CC2=O. The van der Waals surface area contributed by atoms with Crippen LogP contribution in [0.15, 0.2) is 65.0 Å². The van der Waals surface area contributed by atoms with E-state index in [-0.39, 0.29) is 34.0 Å². The summed E-state index contributed by atoms with van der Waals surface area (Å²) in [6.07, 6.45) is 2.31. The maximum atomic E-state index is 13.6. The first-order valence-corrected chi connectivity index (χ1v) is 13.9. The summed E-state index contributed by atoms with van der Waals surface area (Å²) in [5.41, 5.74) is 4.16. The summed E-state index contributed by atoms with van der Waals surface area (Å²) in [5.74, 6) is -0.890. The summed E-state index contributed by atoms with van der Waals surface area (Å²) < 4.78 is 18.8. The van der Waals surface area contributed by atoms with Crippen LogP contribution in [0.1, 0.15) is 64.9 Å². The fourth-order valence-electron chi connectivity index (χ4n) is 6.19. The summed E-state index contributed by atoms with van der Waals surface area (Å²) in [7, 11) is 1.98. The van der Waals surface area contributed by atoms with Gasteiger partial charge in [0, 0.05) is 54.0 Å². The summed E-state index contributed by atoms with van der Waals surface area (Å²) in [6.45, 7) is 8.12. The van der Waals surface area contributed by atoms with Gasteiger partial charge in [-0.1, -0.05) is 45.4 Å². The predicted molar refractivity (Wildman–Crippen MR) is 153 cm³/mol. The van der Waals surface area contributed by atoms with Gasteiger partial charge in [-0.15, -0.1) is 0 Å². The molecule has 0 atom stereocenters. The van der Waals surface area contributed by atoms with Crippen molar-refractivity contribution in [1.29, 1.82) is 0 Å². The Bertz CT molecular complexity index is 1420. The lowest BCUT2D eigenvalue weighted by Gasteiger charge is -2.47. The first kappa shape index (κ1) is 28.1. The lowest BCUT2D eigenvalue weighted by Crippen LogP contribution is -2.43. The predicted octanol–water partition coefficient (Wildman–Crippen LogP) is 6.81. The molecule has 0 saturated carbocycles. The zero-order valence-electron chi connectivity index (χ0n) is 23.5. The van der Waals surface area contributed by atoms with Crippen LogP contribution in [0.3, 0.4) is 0 Å². The Labute approximate surface area is 239 Å². The number of rotatable bonds is 5. The highest BCUT2D eigenvalue weighted by Gasteiger charge is 2.48. The number of ether oxygens (including phenoxy) is 1. The van der Waals surface area contributed by atoms with Crippen LogP contribution in [0.4, 0.5) is 10.1 Å². The van der Waals surface area contributed by atoms with E-state index in [1.807, 2.05) is 13.1 Å². The van der Waals surface area contributed by atoms with Gasteiger partial charge in [-0.25, -0.2) is 4.39 Å². The van der Waals surface area contributed by atoms with E-state index < -0.39 is 17.6 Å². The Morgan fingerprint density at radius 3 is 2.02 bits per heavy atom. The largest absolute Gasteiger partial charge is 0.482 e. The number of halogens is 2. The van der Waals surface area contributed by atoms with E-state index in [1.54, 1.807) is 12.1 Å². The Balaban J connectivity index is 1.46. The Morgan fingerprint density at radius 2 is 1.50 bits per heavy atom. The van der Waals surface area contributed by atoms with Crippen LogP contribution in [-0.2, 0) is 14.4 Å². The fraction of sp³-hybridized carbons (Fsp3) is 0.406. The second-order valence-electron chi connectivity index (χ2n) is 12.6. The Morgan fingerprint density at radius 1 is 0.950 bits per heavy atom. The number of nitrogens with one attached hydrogen (secondary N) is 1. The minimum absolute atomic E-state index is 0.0567. The van der Waals surface area contributed by atoms with Crippen LogP contribution >= 0.6 is 11.6 Å². The number of nitrogens with zero attached hydrogens (tertiary/aromatic N) is 1. The third-order valence-electron chi connectivity index (χ3n) is 7.96. The molecule has 1 heterocycles. The summed E-state index contributed by atoms with van der Waals surface area (Å²) >= 11 is 6.64. The van der Waals surface area contributed by atoms with Crippen molar-refractivity contribution in [3.05, 3.63) is 81.4 Å². The Kier molecular flexibility index (Phi) is 7.15. The summed E-state index contributed by atoms with van der Waals surface area (Å²) in [4.78, 5) is 41.7. The lowest BCUT2D eigenvalue weighted by atomic mass is 9.64. The topological polar surface area (TPSA) is 75.7 Å². The number of anilines is 1. The second kappa shape index (κ2) is 10.2. The molecule has 6 nitrogen and oxygen atoms in total. The van der Waals surface area contributed by atoms with E-state index in [4.69, 9.17) is 16.3 Å². The lowest BCUT2D eigenvalue weighted by molar-refractivity contribution is -0.120. The average molecular weight is 565 g/mol. The number of benzene rings is 2. The van der Waals surface area contributed by atoms with E-state index in [0.717, 1.165) is 29.8 Å². The molecule has 0 spiro atoms. The van der Waals surface area contributed by atoms with Crippen LogP contribution in [0.5, 0.6) is 5.75 Å². The molecule has 0 bridgehead atoms. The van der Waals surface area contributed by atoms with Gasteiger partial charge in [0.1, 0.15) is 11.6 Å². The monoisotopic (exact) mass is 564 g/mol. The number of amides is 1. The van der Waals surface area contributed by atoms with Crippen molar-refractivity contribution in [3.63, 3.8) is 0 Å². The molecule has 3 aliphatic rings. The van der Waals surface area contributed by atoms with Crippen molar-refractivity contribution in [3.8, 4) is 5.75 Å². The highest BCUT2D eigenvalue weighted by Crippen LogP contribution is 2.54. The van der Waals surface area contributed by atoms with Crippen molar-refractivity contribution in [1.82, 2.24) is 4.90 Å². The highest BCUT2D eigenvalue weighted by atomic mass is 35.5. The maximum absolute atomic E-state index is 13.6. The first-order valence-electron chi connectivity index (χ1n) is 13.5. The molecule has 0 aromatic heterocycles. The summed E-state index contributed by atoms with van der Waals surface area (Å²) in [5, 5.41) is 2.93. The number of ketones is 2. The number of hydrogen-bond donors (Lipinski definition) is 1. The third kappa shape index (κ3) is 5.44. The molecule has 210 valence electrons. The zero-order valence-corrected chi connectivity index (χ0v) is 24.2. The molecule has 5 rings (SSSR count). The van der Waals surface area contributed by atoms with Crippen LogP contribution in [0, 0.1) is 16.6 Å². The molecule has 2 aliphatic carbocycles. The van der Waals surface area contributed by atoms with Gasteiger partial charge < -0.3 is 15.0 Å². The standard InChI is InChI=1S/C32H34ClFN2O4/c1-31(2)13-22-29(24(37)15-31)28(30-23(36(22)5)14-32(3,4)16-25(30)38)18-6-11-26(21(33)12-18)40-17-27(39)35-20-9-7-19(34)8-10-20/h6-12,28H,13-17H2,1-5H3,(H,35,39). The number of carbonyl (C=O) groups excluding carboxylic acids is 3. The van der Waals surface area contributed by atoms with Crippen molar-refractivity contribution >= 4 is 34.8 Å². The fourth-order valence-corrected chi connectivity index (χ4v) is 6.43. The van der Waals surface area contributed by atoms with E-state index >= 15 is 0 Å². The third-order valence-corrected chi connectivity index (χ3v) is 8.25.